The highest BCUT2D eigenvalue weighted by Crippen LogP contribution is 2.29. The molecule has 0 N–H and O–H groups in total. The Bertz CT molecular complexity index is 421. The molecule has 0 nitrogen and oxygen atoms in total. The van der Waals surface area contributed by atoms with E-state index in [1.807, 2.05) is 23.5 Å². The van der Waals surface area contributed by atoms with Crippen LogP contribution in [0.15, 0.2) is 67.3 Å². The van der Waals surface area contributed by atoms with Crippen molar-refractivity contribution in [2.45, 2.75) is 17.2 Å². The molecular weight excluding hydrogens is 392 g/mol. The van der Waals surface area contributed by atoms with Gasteiger partial charge in [0.1, 0.15) is 0 Å². The first-order valence-corrected chi connectivity index (χ1v) is 8.56. The molecular formula is C14H14Br2S2. The van der Waals surface area contributed by atoms with Crippen molar-refractivity contribution in [3.8, 4) is 0 Å². The molecule has 0 amide bonds. The van der Waals surface area contributed by atoms with Crippen LogP contribution in [-0.4, -0.2) is 5.08 Å². The Labute approximate surface area is 134 Å². The summed E-state index contributed by atoms with van der Waals surface area (Å²) in [6.45, 7) is 0. The topological polar surface area (TPSA) is 0 Å². The molecule has 4 heteroatoms. The largest absolute Gasteiger partial charge is 0.115 e. The van der Waals surface area contributed by atoms with Gasteiger partial charge in [0.15, 0.2) is 0 Å². The highest BCUT2D eigenvalue weighted by molar-refractivity contribution is 9.10. The molecule has 0 fully saturated rings. The number of halogens is 2. The molecule has 0 bridgehead atoms. The maximum absolute atomic E-state index is 3.44. The summed E-state index contributed by atoms with van der Waals surface area (Å²) in [7, 11) is 0. The van der Waals surface area contributed by atoms with Crippen LogP contribution in [0.1, 0.15) is 7.43 Å². The Morgan fingerprint density at radius 2 is 1.00 bits per heavy atom. The summed E-state index contributed by atoms with van der Waals surface area (Å²) >= 11 is 10.6. The first-order chi connectivity index (χ1) is 8.24. The fraction of sp³-hybridized carbons (Fsp3) is 0.143. The van der Waals surface area contributed by atoms with Crippen molar-refractivity contribution >= 4 is 55.4 Å². The third-order valence-electron chi connectivity index (χ3n) is 2.08. The zero-order valence-electron chi connectivity index (χ0n) is 8.90. The van der Waals surface area contributed by atoms with E-state index in [4.69, 9.17) is 0 Å². The van der Waals surface area contributed by atoms with Gasteiger partial charge < -0.3 is 0 Å². The lowest BCUT2D eigenvalue weighted by Crippen LogP contribution is -1.75. The van der Waals surface area contributed by atoms with Gasteiger partial charge >= 0.3 is 0 Å². The zero-order chi connectivity index (χ0) is 12.1. The Kier molecular flexibility index (Phi) is 7.46. The van der Waals surface area contributed by atoms with Crippen LogP contribution in [0.25, 0.3) is 0 Å². The van der Waals surface area contributed by atoms with Gasteiger partial charge in [0.05, 0.1) is 0 Å². The Morgan fingerprint density at radius 1 is 0.667 bits per heavy atom. The minimum atomic E-state index is 0. The van der Waals surface area contributed by atoms with E-state index in [1.165, 1.54) is 9.79 Å². The summed E-state index contributed by atoms with van der Waals surface area (Å²) in [5.74, 6) is 0. The van der Waals surface area contributed by atoms with Crippen molar-refractivity contribution < 1.29 is 0 Å². The summed E-state index contributed by atoms with van der Waals surface area (Å²) < 4.78 is 2.25. The van der Waals surface area contributed by atoms with Crippen LogP contribution < -0.4 is 0 Å². The average molecular weight is 406 g/mol. The SMILES string of the molecule is Brc1ccc(SCSc2ccc(Br)cc2)cc1.C. The van der Waals surface area contributed by atoms with Crippen molar-refractivity contribution in [1.29, 1.82) is 0 Å². The van der Waals surface area contributed by atoms with Gasteiger partial charge in [-0.1, -0.05) is 39.3 Å². The maximum Gasteiger partial charge on any atom is 0.0486 e. The fourth-order valence-corrected chi connectivity index (χ4v) is 3.74. The molecule has 0 atom stereocenters. The second-order valence-electron chi connectivity index (χ2n) is 3.31. The molecule has 2 rings (SSSR count). The van der Waals surface area contributed by atoms with Crippen molar-refractivity contribution in [2.24, 2.45) is 0 Å². The van der Waals surface area contributed by atoms with Gasteiger partial charge in [0.25, 0.3) is 0 Å². The third kappa shape index (κ3) is 5.39. The van der Waals surface area contributed by atoms with Gasteiger partial charge in [-0.15, -0.1) is 23.5 Å². The second-order valence-corrected chi connectivity index (χ2v) is 7.61. The summed E-state index contributed by atoms with van der Waals surface area (Å²) in [6.07, 6.45) is 0. The van der Waals surface area contributed by atoms with E-state index in [9.17, 15) is 0 Å². The van der Waals surface area contributed by atoms with Gasteiger partial charge in [0, 0.05) is 23.8 Å². The van der Waals surface area contributed by atoms with Gasteiger partial charge in [-0.05, 0) is 48.5 Å². The summed E-state index contributed by atoms with van der Waals surface area (Å²) in [4.78, 5) is 2.61. The molecule has 0 saturated carbocycles. The van der Waals surface area contributed by atoms with E-state index in [-0.39, 0.29) is 7.43 Å². The van der Waals surface area contributed by atoms with E-state index < -0.39 is 0 Å². The number of benzene rings is 2. The minimum Gasteiger partial charge on any atom is -0.115 e. The molecule has 0 spiro atoms. The quantitative estimate of drug-likeness (QED) is 0.410. The zero-order valence-corrected chi connectivity index (χ0v) is 13.7. The summed E-state index contributed by atoms with van der Waals surface area (Å²) in [5, 5.41) is 1.03. The highest BCUT2D eigenvalue weighted by Gasteiger charge is 1.97. The number of rotatable bonds is 4. The van der Waals surface area contributed by atoms with E-state index in [0.29, 0.717) is 0 Å². The number of thioether (sulfide) groups is 2. The first-order valence-electron chi connectivity index (χ1n) is 5.01. The fourth-order valence-electron chi connectivity index (χ4n) is 1.23. The first kappa shape index (κ1) is 16.2. The summed E-state index contributed by atoms with van der Waals surface area (Å²) in [6, 6.07) is 16.8. The predicted octanol–water partition coefficient (Wildman–Crippen LogP) is 6.69. The molecule has 18 heavy (non-hydrogen) atoms. The lowest BCUT2D eigenvalue weighted by Gasteiger charge is -2.02. The van der Waals surface area contributed by atoms with Gasteiger partial charge in [-0.3, -0.25) is 0 Å². The van der Waals surface area contributed by atoms with Crippen LogP contribution in [0.2, 0.25) is 0 Å². The lowest BCUT2D eigenvalue weighted by molar-refractivity contribution is 1.44. The van der Waals surface area contributed by atoms with Crippen LogP contribution >= 0.6 is 55.4 Å². The van der Waals surface area contributed by atoms with Crippen LogP contribution in [0, 0.1) is 0 Å². The van der Waals surface area contributed by atoms with Crippen LogP contribution in [0.5, 0.6) is 0 Å². The third-order valence-corrected chi connectivity index (χ3v) is 5.29. The monoisotopic (exact) mass is 404 g/mol. The van der Waals surface area contributed by atoms with Gasteiger partial charge in [-0.2, -0.15) is 0 Å². The van der Waals surface area contributed by atoms with Gasteiger partial charge in [-0.25, -0.2) is 0 Å². The minimum absolute atomic E-state index is 0. The molecule has 2 aromatic carbocycles. The average Bonchev–Trinajstić information content (AvgIpc) is 2.34. The molecule has 0 aliphatic rings. The van der Waals surface area contributed by atoms with Crippen molar-refractivity contribution in [3.05, 3.63) is 57.5 Å². The van der Waals surface area contributed by atoms with E-state index in [0.717, 1.165) is 14.0 Å². The number of hydrogen-bond donors (Lipinski definition) is 0. The van der Waals surface area contributed by atoms with Crippen LogP contribution in [0.3, 0.4) is 0 Å². The van der Waals surface area contributed by atoms with Crippen LogP contribution in [0.4, 0.5) is 0 Å². The molecule has 0 unspecified atom stereocenters. The smallest absolute Gasteiger partial charge is 0.0486 e. The Morgan fingerprint density at radius 3 is 1.33 bits per heavy atom. The van der Waals surface area contributed by atoms with Gasteiger partial charge in [0.2, 0.25) is 0 Å². The Hall–Kier alpha value is 0.1000. The Balaban J connectivity index is 0.00000162. The number of hydrogen-bond acceptors (Lipinski definition) is 2. The normalized spacial score (nSPS) is 9.89. The molecule has 0 saturated heterocycles. The second kappa shape index (κ2) is 8.31. The summed E-state index contributed by atoms with van der Waals surface area (Å²) in [5.41, 5.74) is 0. The van der Waals surface area contributed by atoms with Crippen LogP contribution in [-0.2, 0) is 0 Å². The predicted molar refractivity (Wildman–Crippen MR) is 91.6 cm³/mol. The molecule has 2 aromatic rings. The van der Waals surface area contributed by atoms with Crippen molar-refractivity contribution in [2.75, 3.05) is 5.08 Å². The van der Waals surface area contributed by atoms with E-state index in [2.05, 4.69) is 80.4 Å². The molecule has 0 aromatic heterocycles. The maximum atomic E-state index is 3.44. The van der Waals surface area contributed by atoms with Crippen molar-refractivity contribution in [1.82, 2.24) is 0 Å². The standard InChI is InChI=1S/C13H10Br2S2.CH4/c14-10-1-5-12(6-2-10)16-9-17-13-7-3-11(15)4-8-13;/h1-8H,9H2;1H4. The lowest BCUT2D eigenvalue weighted by atomic mass is 10.4. The van der Waals surface area contributed by atoms with E-state index >= 15 is 0 Å². The molecule has 0 radical (unpaired) electrons. The molecule has 0 heterocycles. The van der Waals surface area contributed by atoms with Crippen molar-refractivity contribution in [3.63, 3.8) is 0 Å². The highest BCUT2D eigenvalue weighted by atomic mass is 79.9. The molecule has 0 aliphatic heterocycles. The van der Waals surface area contributed by atoms with E-state index in [1.54, 1.807) is 0 Å². The molecule has 96 valence electrons. The molecule has 0 aliphatic carbocycles.